The van der Waals surface area contributed by atoms with Gasteiger partial charge in [-0.1, -0.05) is 349 Å². The van der Waals surface area contributed by atoms with Crippen molar-refractivity contribution in [2.75, 3.05) is 19.8 Å². The molecule has 2 rings (SSSR count). The van der Waals surface area contributed by atoms with Gasteiger partial charge in [0.25, 0.3) is 0 Å². The van der Waals surface area contributed by atoms with Crippen LogP contribution in [0.5, 0.6) is 0 Å². The number of hydrogen-bond donors (Lipinski definition) is 9. The van der Waals surface area contributed by atoms with Gasteiger partial charge in [0.2, 0.25) is 5.91 Å². The predicted molar refractivity (Wildman–Crippen MR) is 406 cm³/mol. The number of aliphatic hydroxyl groups excluding tert-OH is 8. The lowest BCUT2D eigenvalue weighted by Gasteiger charge is -2.46. The van der Waals surface area contributed by atoms with Crippen molar-refractivity contribution in [3.63, 3.8) is 0 Å². The zero-order valence-electron chi connectivity index (χ0n) is 62.3. The van der Waals surface area contributed by atoms with Crippen molar-refractivity contribution in [2.24, 2.45) is 0 Å². The second-order valence-electron chi connectivity index (χ2n) is 28.2. The lowest BCUT2D eigenvalue weighted by Crippen LogP contribution is -2.65. The fraction of sp³-hybridized carbons (Fsp3) is 0.798. The predicted octanol–water partition coefficient (Wildman–Crippen LogP) is 18.5. The van der Waals surface area contributed by atoms with Crippen molar-refractivity contribution in [3.05, 3.63) is 97.2 Å². The van der Waals surface area contributed by atoms with E-state index in [0.29, 0.717) is 6.42 Å². The number of hydrogen-bond acceptors (Lipinski definition) is 13. The van der Waals surface area contributed by atoms with E-state index in [1.807, 2.05) is 6.08 Å². The summed E-state index contributed by atoms with van der Waals surface area (Å²) in [6.07, 6.45) is 79.1. The van der Waals surface area contributed by atoms with E-state index >= 15 is 0 Å². The fourth-order valence-corrected chi connectivity index (χ4v) is 12.9. The first kappa shape index (κ1) is 91.0. The summed E-state index contributed by atoms with van der Waals surface area (Å²) in [7, 11) is 0. The van der Waals surface area contributed by atoms with Gasteiger partial charge in [-0.05, 0) is 77.0 Å². The van der Waals surface area contributed by atoms with Crippen LogP contribution in [0.2, 0.25) is 0 Å². The summed E-state index contributed by atoms with van der Waals surface area (Å²) < 4.78 is 22.9. The van der Waals surface area contributed by atoms with Crippen LogP contribution in [0.3, 0.4) is 0 Å². The van der Waals surface area contributed by atoms with E-state index < -0.39 is 86.8 Å². The Balaban J connectivity index is 1.63. The molecule has 0 aliphatic carbocycles. The number of carbonyl (C=O) groups is 1. The molecular formula is C84H149NO13. The third kappa shape index (κ3) is 49.5. The third-order valence-corrected chi connectivity index (χ3v) is 19.3. The standard InChI is InChI=1S/C84H149NO13/c1-3-5-7-9-11-13-15-17-19-21-23-25-27-29-31-33-35-36-38-40-42-44-46-48-50-52-54-56-58-60-62-64-66-68-76(89)85-72(71-95-83-81(94)79(92)82(75(70-87)97-83)98-84-80(93)78(91)77(90)74(69-86)96-84)73(88)67-65-63-61-59-57-55-53-51-49-47-45-43-41-39-37-34-32-30-28-26-24-22-20-18-16-14-12-10-8-6-4-2/h5,7,11,13,17,19,23,25,29,31,35-36,40,42,65,67,72-75,77-84,86-88,90-94H,3-4,6,8-10,12,14-16,18,20-22,24,26-28,30,32-34,37-39,41,43-64,66,68-71H2,1-2H3,(H,85,89)/b7-5-,13-11-,19-17-,25-23-,31-29-,36-35-,42-40-,67-65+. The summed E-state index contributed by atoms with van der Waals surface area (Å²) in [6, 6.07) is -0.925. The number of amides is 1. The van der Waals surface area contributed by atoms with E-state index in [4.69, 9.17) is 18.9 Å². The van der Waals surface area contributed by atoms with Crippen LogP contribution in [0.1, 0.15) is 335 Å². The maximum Gasteiger partial charge on any atom is 0.220 e. The van der Waals surface area contributed by atoms with Gasteiger partial charge >= 0.3 is 0 Å². The van der Waals surface area contributed by atoms with Crippen molar-refractivity contribution in [1.29, 1.82) is 0 Å². The number of rotatable bonds is 67. The Morgan fingerprint density at radius 1 is 0.378 bits per heavy atom. The summed E-state index contributed by atoms with van der Waals surface area (Å²) in [6.45, 7) is 2.72. The van der Waals surface area contributed by atoms with E-state index in [9.17, 15) is 45.6 Å². The molecule has 0 spiro atoms. The van der Waals surface area contributed by atoms with Crippen molar-refractivity contribution >= 4 is 5.91 Å². The number of nitrogens with one attached hydrogen (secondary N) is 1. The minimum absolute atomic E-state index is 0.242. The van der Waals surface area contributed by atoms with Crippen molar-refractivity contribution in [3.8, 4) is 0 Å². The first-order valence-corrected chi connectivity index (χ1v) is 40.5. The number of ether oxygens (including phenoxy) is 4. The molecule has 0 aromatic carbocycles. The summed E-state index contributed by atoms with van der Waals surface area (Å²) in [5.41, 5.74) is 0. The molecule has 2 fully saturated rings. The van der Waals surface area contributed by atoms with E-state index in [1.165, 1.54) is 218 Å². The minimum atomic E-state index is -1.79. The third-order valence-electron chi connectivity index (χ3n) is 19.3. The second kappa shape index (κ2) is 67.1. The number of aliphatic hydroxyl groups is 8. The molecule has 0 aromatic heterocycles. The molecular weight excluding hydrogens is 1230 g/mol. The normalized spacial score (nSPS) is 22.6. The van der Waals surface area contributed by atoms with Crippen LogP contribution in [0, 0.1) is 0 Å². The molecule has 2 aliphatic rings. The molecule has 14 heteroatoms. The molecule has 0 radical (unpaired) electrons. The van der Waals surface area contributed by atoms with E-state index in [2.05, 4.69) is 104 Å². The molecule has 568 valence electrons. The van der Waals surface area contributed by atoms with E-state index in [1.54, 1.807) is 6.08 Å². The maximum atomic E-state index is 13.4. The average Bonchev–Trinajstić information content (AvgIpc) is 0.793. The SMILES string of the molecule is CC/C=C\C/C=C\C/C=C\C/C=C\C/C=C\C/C=C\C/C=C\CCCCCCCCCCCCCC(=O)NC(COC1OC(CO)C(OC2OC(CO)C(O)C(O)C2O)C(O)C1O)C(O)/C=C/CCCCCCCCCCCCCCCCCCCCCCCCCCCCCCC. The van der Waals surface area contributed by atoms with E-state index in [0.717, 1.165) is 89.9 Å². The summed E-state index contributed by atoms with van der Waals surface area (Å²) in [5, 5.41) is 87.7. The molecule has 2 aliphatic heterocycles. The van der Waals surface area contributed by atoms with Gasteiger partial charge in [-0.15, -0.1) is 0 Å². The number of allylic oxidation sites excluding steroid dienone is 15. The molecule has 1 amide bonds. The minimum Gasteiger partial charge on any atom is -0.394 e. The number of carbonyl (C=O) groups excluding carboxylic acids is 1. The molecule has 12 atom stereocenters. The van der Waals surface area contributed by atoms with Crippen LogP contribution < -0.4 is 5.32 Å². The van der Waals surface area contributed by atoms with Crippen molar-refractivity contribution in [1.82, 2.24) is 5.32 Å². The Morgan fingerprint density at radius 3 is 1.08 bits per heavy atom. The zero-order chi connectivity index (χ0) is 70.8. The van der Waals surface area contributed by atoms with Gasteiger partial charge < -0.3 is 65.1 Å². The molecule has 0 aromatic rings. The topological polar surface area (TPSA) is 228 Å². The molecule has 12 unspecified atom stereocenters. The van der Waals surface area contributed by atoms with Gasteiger partial charge in [0, 0.05) is 6.42 Å². The van der Waals surface area contributed by atoms with Crippen molar-refractivity contribution in [2.45, 2.75) is 408 Å². The van der Waals surface area contributed by atoms with Crippen LogP contribution >= 0.6 is 0 Å². The first-order valence-electron chi connectivity index (χ1n) is 40.5. The quantitative estimate of drug-likeness (QED) is 0.0204. The number of unbranched alkanes of at least 4 members (excludes halogenated alkanes) is 40. The molecule has 2 saturated heterocycles. The highest BCUT2D eigenvalue weighted by Gasteiger charge is 2.51. The molecule has 0 bridgehead atoms. The van der Waals surface area contributed by atoms with Crippen molar-refractivity contribution < 1.29 is 64.6 Å². The Morgan fingerprint density at radius 2 is 0.704 bits per heavy atom. The Kier molecular flexibility index (Phi) is 62.3. The van der Waals surface area contributed by atoms with Gasteiger partial charge in [-0.2, -0.15) is 0 Å². The first-order chi connectivity index (χ1) is 48.1. The molecule has 0 saturated carbocycles. The van der Waals surface area contributed by atoms with Gasteiger partial charge in [0.05, 0.1) is 32.0 Å². The largest absolute Gasteiger partial charge is 0.394 e. The monoisotopic (exact) mass is 1380 g/mol. The van der Waals surface area contributed by atoms with Crippen LogP contribution in [0.4, 0.5) is 0 Å². The molecule has 2 heterocycles. The van der Waals surface area contributed by atoms with Gasteiger partial charge in [-0.3, -0.25) is 4.79 Å². The Labute approximate surface area is 598 Å². The van der Waals surface area contributed by atoms with E-state index in [-0.39, 0.29) is 18.9 Å². The summed E-state index contributed by atoms with van der Waals surface area (Å²) in [4.78, 5) is 13.4. The Hall–Kier alpha value is -3.09. The highest BCUT2D eigenvalue weighted by Crippen LogP contribution is 2.30. The highest BCUT2D eigenvalue weighted by atomic mass is 16.7. The average molecular weight is 1380 g/mol. The molecule has 98 heavy (non-hydrogen) atoms. The van der Waals surface area contributed by atoms with Crippen LogP contribution in [0.25, 0.3) is 0 Å². The Bertz CT molecular complexity index is 2020. The van der Waals surface area contributed by atoms with Gasteiger partial charge in [0.1, 0.15) is 48.8 Å². The summed E-state index contributed by atoms with van der Waals surface area (Å²) in [5.74, 6) is -0.242. The van der Waals surface area contributed by atoms with Crippen LogP contribution in [0.15, 0.2) is 97.2 Å². The lowest BCUT2D eigenvalue weighted by molar-refractivity contribution is -0.359. The maximum absolute atomic E-state index is 13.4. The van der Waals surface area contributed by atoms with Crippen LogP contribution in [-0.2, 0) is 23.7 Å². The fourth-order valence-electron chi connectivity index (χ4n) is 12.9. The molecule has 9 N–H and O–H groups in total. The van der Waals surface area contributed by atoms with Gasteiger partial charge in [0.15, 0.2) is 12.6 Å². The van der Waals surface area contributed by atoms with Crippen LogP contribution in [-0.4, -0.2) is 140 Å². The smallest absolute Gasteiger partial charge is 0.220 e. The second-order valence-corrected chi connectivity index (χ2v) is 28.2. The zero-order valence-corrected chi connectivity index (χ0v) is 62.3. The van der Waals surface area contributed by atoms with Gasteiger partial charge in [-0.25, -0.2) is 0 Å². The lowest BCUT2D eigenvalue weighted by atomic mass is 9.97. The summed E-state index contributed by atoms with van der Waals surface area (Å²) >= 11 is 0. The molecule has 14 nitrogen and oxygen atoms in total. The highest BCUT2D eigenvalue weighted by molar-refractivity contribution is 5.76.